The molecule has 0 aliphatic rings. The van der Waals surface area contributed by atoms with Gasteiger partial charge in [0, 0.05) is 33.6 Å². The monoisotopic (exact) mass is 500 g/mol. The van der Waals surface area contributed by atoms with Crippen LogP contribution in [0.2, 0.25) is 5.02 Å². The number of ketones is 1. The number of hydrogen-bond acceptors (Lipinski definition) is 4. The highest BCUT2D eigenvalue weighted by atomic mass is 79.9. The van der Waals surface area contributed by atoms with Gasteiger partial charge in [0.15, 0.2) is 5.78 Å². The standard InChI is InChI=1S/C23H18BrClN2O4/c24-18-5-1-4-17(12-18)22(28)14-21(16-3-2-6-19(25)13-16)26-23(29)11-15-7-9-20(10-8-15)27(30)31/h1-10,12-13,21H,11,14H2,(H,26,29). The van der Waals surface area contributed by atoms with E-state index in [-0.39, 0.29) is 30.2 Å². The van der Waals surface area contributed by atoms with Crippen LogP contribution in [0.4, 0.5) is 5.69 Å². The summed E-state index contributed by atoms with van der Waals surface area (Å²) in [6, 6.07) is 19.3. The van der Waals surface area contributed by atoms with Crippen molar-refractivity contribution in [3.63, 3.8) is 0 Å². The smallest absolute Gasteiger partial charge is 0.269 e. The summed E-state index contributed by atoms with van der Waals surface area (Å²) in [5.74, 6) is -0.428. The van der Waals surface area contributed by atoms with Gasteiger partial charge >= 0.3 is 0 Å². The highest BCUT2D eigenvalue weighted by Gasteiger charge is 2.20. The van der Waals surface area contributed by atoms with Crippen molar-refractivity contribution in [2.24, 2.45) is 0 Å². The van der Waals surface area contributed by atoms with Gasteiger partial charge in [0.1, 0.15) is 0 Å². The molecule has 0 saturated carbocycles. The number of nitro benzene ring substituents is 1. The molecule has 0 aliphatic carbocycles. The second-order valence-corrected chi connectivity index (χ2v) is 8.27. The fourth-order valence-corrected chi connectivity index (χ4v) is 3.70. The van der Waals surface area contributed by atoms with Gasteiger partial charge in [-0.2, -0.15) is 0 Å². The Bertz CT molecular complexity index is 1120. The van der Waals surface area contributed by atoms with Crippen molar-refractivity contribution in [1.82, 2.24) is 5.32 Å². The van der Waals surface area contributed by atoms with Crippen molar-refractivity contribution in [2.45, 2.75) is 18.9 Å². The quantitative estimate of drug-likeness (QED) is 0.244. The van der Waals surface area contributed by atoms with Crippen LogP contribution in [-0.2, 0) is 11.2 Å². The summed E-state index contributed by atoms with van der Waals surface area (Å²) in [5.41, 5.74) is 1.84. The number of nitrogens with one attached hydrogen (secondary N) is 1. The molecule has 3 aromatic rings. The van der Waals surface area contributed by atoms with Gasteiger partial charge in [0.25, 0.3) is 5.69 Å². The SMILES string of the molecule is O=C(Cc1ccc([N+](=O)[O-])cc1)NC(CC(=O)c1cccc(Br)c1)c1cccc(Cl)c1. The Morgan fingerprint density at radius 1 is 1.03 bits per heavy atom. The Labute approximate surface area is 192 Å². The maximum Gasteiger partial charge on any atom is 0.269 e. The van der Waals surface area contributed by atoms with E-state index < -0.39 is 11.0 Å². The van der Waals surface area contributed by atoms with Gasteiger partial charge in [-0.25, -0.2) is 0 Å². The first kappa shape index (κ1) is 22.7. The molecule has 1 atom stereocenters. The number of Topliss-reactive ketones (excluding diaryl/α,β-unsaturated/α-hetero) is 1. The van der Waals surface area contributed by atoms with Crippen LogP contribution in [0.5, 0.6) is 0 Å². The highest BCUT2D eigenvalue weighted by Crippen LogP contribution is 2.24. The molecule has 158 valence electrons. The van der Waals surface area contributed by atoms with Gasteiger partial charge in [-0.05, 0) is 35.4 Å². The van der Waals surface area contributed by atoms with E-state index >= 15 is 0 Å². The van der Waals surface area contributed by atoms with Crippen molar-refractivity contribution >= 4 is 44.9 Å². The lowest BCUT2D eigenvalue weighted by Crippen LogP contribution is -2.31. The molecule has 0 bridgehead atoms. The lowest BCUT2D eigenvalue weighted by Gasteiger charge is -2.19. The van der Waals surface area contributed by atoms with Crippen LogP contribution in [0.25, 0.3) is 0 Å². The summed E-state index contributed by atoms with van der Waals surface area (Å²) >= 11 is 9.47. The van der Waals surface area contributed by atoms with E-state index in [0.29, 0.717) is 21.7 Å². The lowest BCUT2D eigenvalue weighted by molar-refractivity contribution is -0.384. The Balaban J connectivity index is 1.77. The van der Waals surface area contributed by atoms with Gasteiger partial charge < -0.3 is 5.32 Å². The minimum Gasteiger partial charge on any atom is -0.349 e. The normalized spacial score (nSPS) is 11.5. The molecule has 6 nitrogen and oxygen atoms in total. The van der Waals surface area contributed by atoms with Crippen molar-refractivity contribution in [2.75, 3.05) is 0 Å². The molecule has 31 heavy (non-hydrogen) atoms. The van der Waals surface area contributed by atoms with E-state index in [0.717, 1.165) is 4.47 Å². The largest absolute Gasteiger partial charge is 0.349 e. The Kier molecular flexibility index (Phi) is 7.55. The second-order valence-electron chi connectivity index (χ2n) is 6.91. The number of nitro groups is 1. The summed E-state index contributed by atoms with van der Waals surface area (Å²) in [4.78, 5) is 35.8. The summed E-state index contributed by atoms with van der Waals surface area (Å²) in [5, 5.41) is 14.2. The molecule has 0 fully saturated rings. The lowest BCUT2D eigenvalue weighted by atomic mass is 9.97. The number of halogens is 2. The van der Waals surface area contributed by atoms with Crippen molar-refractivity contribution in [3.8, 4) is 0 Å². The van der Waals surface area contributed by atoms with Gasteiger partial charge in [-0.3, -0.25) is 19.7 Å². The number of amides is 1. The molecule has 0 radical (unpaired) electrons. The van der Waals surface area contributed by atoms with Crippen LogP contribution in [0.1, 0.15) is 33.9 Å². The molecule has 1 amide bonds. The number of non-ortho nitro benzene ring substituents is 1. The fourth-order valence-electron chi connectivity index (χ4n) is 3.11. The molecule has 0 aromatic heterocycles. The van der Waals surface area contributed by atoms with Crippen molar-refractivity contribution in [1.29, 1.82) is 0 Å². The maximum atomic E-state index is 12.8. The van der Waals surface area contributed by atoms with Crippen LogP contribution >= 0.6 is 27.5 Å². The molecule has 0 saturated heterocycles. The van der Waals surface area contributed by atoms with E-state index in [4.69, 9.17) is 11.6 Å². The Morgan fingerprint density at radius 3 is 2.39 bits per heavy atom. The molecule has 3 rings (SSSR count). The zero-order chi connectivity index (χ0) is 22.4. The summed E-state index contributed by atoms with van der Waals surface area (Å²) in [6.45, 7) is 0. The maximum absolute atomic E-state index is 12.8. The molecule has 0 heterocycles. The summed E-state index contributed by atoms with van der Waals surface area (Å²) in [7, 11) is 0. The molecule has 1 unspecified atom stereocenters. The first-order chi connectivity index (χ1) is 14.8. The number of rotatable bonds is 8. The minimum atomic E-state index is -0.573. The summed E-state index contributed by atoms with van der Waals surface area (Å²) < 4.78 is 0.792. The number of carbonyl (C=O) groups excluding carboxylic acids is 2. The number of nitrogens with zero attached hydrogens (tertiary/aromatic N) is 1. The number of hydrogen-bond donors (Lipinski definition) is 1. The molecular weight excluding hydrogens is 484 g/mol. The van der Waals surface area contributed by atoms with E-state index in [9.17, 15) is 19.7 Å². The predicted molar refractivity (Wildman–Crippen MR) is 122 cm³/mol. The highest BCUT2D eigenvalue weighted by molar-refractivity contribution is 9.10. The second kappa shape index (κ2) is 10.3. The van der Waals surface area contributed by atoms with Gasteiger partial charge in [-0.1, -0.05) is 63.9 Å². The molecule has 0 aliphatic heterocycles. The average Bonchev–Trinajstić information content (AvgIpc) is 2.73. The third-order valence-corrected chi connectivity index (χ3v) is 5.36. The van der Waals surface area contributed by atoms with Crippen molar-refractivity contribution < 1.29 is 14.5 Å². The zero-order valence-corrected chi connectivity index (χ0v) is 18.6. The first-order valence-corrected chi connectivity index (χ1v) is 10.6. The van der Waals surface area contributed by atoms with E-state index in [1.165, 1.54) is 12.1 Å². The van der Waals surface area contributed by atoms with Gasteiger partial charge in [-0.15, -0.1) is 0 Å². The summed E-state index contributed by atoms with van der Waals surface area (Å²) in [6.07, 6.45) is 0.0862. The Morgan fingerprint density at radius 2 is 1.74 bits per heavy atom. The van der Waals surface area contributed by atoms with E-state index in [1.54, 1.807) is 54.6 Å². The third kappa shape index (κ3) is 6.47. The molecule has 1 N–H and O–H groups in total. The topological polar surface area (TPSA) is 89.3 Å². The van der Waals surface area contributed by atoms with Crippen LogP contribution in [0, 0.1) is 10.1 Å². The average molecular weight is 502 g/mol. The number of benzene rings is 3. The van der Waals surface area contributed by atoms with Crippen molar-refractivity contribution in [3.05, 3.63) is 109 Å². The molecular formula is C23H18BrClN2O4. The van der Waals surface area contributed by atoms with Crippen LogP contribution < -0.4 is 5.32 Å². The van der Waals surface area contributed by atoms with Crippen LogP contribution in [-0.4, -0.2) is 16.6 Å². The molecule has 0 spiro atoms. The van der Waals surface area contributed by atoms with Crippen LogP contribution in [0.15, 0.2) is 77.3 Å². The van der Waals surface area contributed by atoms with Crippen LogP contribution in [0.3, 0.4) is 0 Å². The van der Waals surface area contributed by atoms with Gasteiger partial charge in [0.2, 0.25) is 5.91 Å². The van der Waals surface area contributed by atoms with E-state index in [2.05, 4.69) is 21.2 Å². The van der Waals surface area contributed by atoms with E-state index in [1.807, 2.05) is 6.07 Å². The fraction of sp³-hybridized carbons (Fsp3) is 0.130. The molecule has 3 aromatic carbocycles. The first-order valence-electron chi connectivity index (χ1n) is 9.39. The molecule has 8 heteroatoms. The Hall–Kier alpha value is -3.03. The minimum absolute atomic E-state index is 0.0279. The number of carbonyl (C=O) groups is 2. The third-order valence-electron chi connectivity index (χ3n) is 4.63. The zero-order valence-electron chi connectivity index (χ0n) is 16.3. The van der Waals surface area contributed by atoms with Gasteiger partial charge in [0.05, 0.1) is 17.4 Å². The predicted octanol–water partition coefficient (Wildman–Crippen LogP) is 5.68.